The number of hydrogen-bond acceptors (Lipinski definition) is 21. The van der Waals surface area contributed by atoms with Gasteiger partial charge in [-0.25, -0.2) is 41.9 Å². The molecule has 96 heavy (non-hydrogen) atoms. The molecule has 4 atom stereocenters. The Labute approximate surface area is 557 Å². The third-order valence-electron chi connectivity index (χ3n) is 16.2. The van der Waals surface area contributed by atoms with E-state index in [2.05, 4.69) is 53.9 Å². The van der Waals surface area contributed by atoms with Gasteiger partial charge in [0.05, 0.1) is 66.1 Å². The molecule has 6 heterocycles. The lowest BCUT2D eigenvalue weighted by Gasteiger charge is -2.35. The number of nitrogens with one attached hydrogen (secondary N) is 3. The highest BCUT2D eigenvalue weighted by Gasteiger charge is 2.51. The molecular weight excluding hydrogens is 1280 g/mol. The number of aryl methyl sites for hydroxylation is 1. The standard InChI is InChI=1S/C67H81N11O16S2/c1-10-67(54-33-56-61-52(37-77(56)63(84)53(54)39-92-64(67)85)50(51-18-14-15-19-55(51)72-61)26-28-78(43(4)5)95(7,8)87)94-66(86)93-38-45-20-22-47(23-21-45)71-62(83)44(6)32-57(80)60(42(2)3)73-59(82)41-91-40-58(81)68-27-30-90-31-29-76-36-48(74-75-76)24-25-49(79)17-13-11-12-16-46-34-69-65(70-35-46)96(9,88)89/h14-15,18-23,33-36,42-44,60H,7,10-11,13,17,24-32,37-41H2,1-6,8-9H3,(H,68,81)(H,71,83)(H,73,82)/t44-,60+,67+,95?/m1/s1. The summed E-state index contributed by atoms with van der Waals surface area (Å²) in [5.41, 5.74) is 3.28. The lowest BCUT2D eigenvalue weighted by Crippen LogP contribution is -2.47. The van der Waals surface area contributed by atoms with Crippen LogP contribution in [-0.4, -0.2) is 163 Å². The van der Waals surface area contributed by atoms with Crippen molar-refractivity contribution in [1.82, 2.24) is 49.5 Å². The number of hydrogen-bond donors (Lipinski definition) is 3. The molecule has 0 fully saturated rings. The van der Waals surface area contributed by atoms with Crippen LogP contribution in [0.2, 0.25) is 0 Å². The minimum absolute atomic E-state index is 0.0476. The molecule has 1 unspecified atom stereocenters. The smallest absolute Gasteiger partial charge is 0.457 e. The van der Waals surface area contributed by atoms with Gasteiger partial charge in [-0.2, -0.15) is 0 Å². The molecule has 0 saturated heterocycles. The van der Waals surface area contributed by atoms with Gasteiger partial charge in [0.2, 0.25) is 38.3 Å². The monoisotopic (exact) mass is 1360 g/mol. The van der Waals surface area contributed by atoms with Crippen LogP contribution < -0.4 is 21.5 Å². The maximum atomic E-state index is 14.4. The zero-order valence-electron chi connectivity index (χ0n) is 55.1. The third-order valence-corrected chi connectivity index (χ3v) is 18.6. The summed E-state index contributed by atoms with van der Waals surface area (Å²) in [6.07, 6.45) is 8.14. The molecule has 29 heteroatoms. The average molecular weight is 1360 g/mol. The summed E-state index contributed by atoms with van der Waals surface area (Å²) in [5.74, 6) is 5.78. The Morgan fingerprint density at radius 3 is 2.32 bits per heavy atom. The number of anilines is 1. The predicted octanol–water partition coefficient (Wildman–Crippen LogP) is 4.99. The number of unbranched alkanes of at least 4 members (excludes halogenated alkanes) is 1. The minimum Gasteiger partial charge on any atom is -0.457 e. The van der Waals surface area contributed by atoms with Crippen LogP contribution in [0.3, 0.4) is 0 Å². The fourth-order valence-corrected chi connectivity index (χ4v) is 13.0. The highest BCUT2D eigenvalue weighted by molar-refractivity contribution is 7.97. The van der Waals surface area contributed by atoms with Crippen molar-refractivity contribution in [3.63, 3.8) is 0 Å². The van der Waals surface area contributed by atoms with Crippen molar-refractivity contribution in [2.75, 3.05) is 57.3 Å². The number of sulfone groups is 1. The molecule has 8 rings (SSSR count). The van der Waals surface area contributed by atoms with Gasteiger partial charge in [-0.15, -0.1) is 5.10 Å². The first-order valence-electron chi connectivity index (χ1n) is 31.5. The molecule has 0 saturated carbocycles. The number of Topliss-reactive ketones (excluding diaryl/α,β-unsaturated/α-hetero) is 2. The molecule has 4 aromatic heterocycles. The van der Waals surface area contributed by atoms with E-state index >= 15 is 0 Å². The Balaban J connectivity index is 0.722. The summed E-state index contributed by atoms with van der Waals surface area (Å²) >= 11 is 0. The second-order valence-electron chi connectivity index (χ2n) is 24.3. The molecule has 27 nitrogen and oxygen atoms in total. The number of carbonyl (C=O) groups excluding carboxylic acids is 7. The van der Waals surface area contributed by atoms with Crippen molar-refractivity contribution in [2.45, 2.75) is 142 Å². The molecule has 3 N–H and O–H groups in total. The number of carbonyl (C=O) groups is 7. The first kappa shape index (κ1) is 72.7. The SMILES string of the molecule is C=S(C)(=O)N(CCc1c2c(nc3ccccc13)-c1cc3c(c(=O)n1C2)COC(=O)[C@@]3(CC)OC(=O)OCc1ccc(NC(=O)[C@H](C)CC(=O)[C@@H](NC(=O)COCC(=O)NCCOCCn2cc(CCC(=O)CCCC#Cc3cnc(S(C)(=O)=O)nc3)nn2)C(C)C)cc1)C(C)C. The van der Waals surface area contributed by atoms with Gasteiger partial charge in [-0.3, -0.25) is 33.0 Å². The number of rotatable bonds is 33. The van der Waals surface area contributed by atoms with Crippen LogP contribution in [0.4, 0.5) is 10.5 Å². The van der Waals surface area contributed by atoms with E-state index < -0.39 is 85.7 Å². The van der Waals surface area contributed by atoms with Crippen LogP contribution >= 0.6 is 0 Å². The number of benzene rings is 2. The lowest BCUT2D eigenvalue weighted by atomic mass is 9.85. The number of cyclic esters (lactones) is 1. The van der Waals surface area contributed by atoms with Gasteiger partial charge in [0.1, 0.15) is 32.2 Å². The first-order chi connectivity index (χ1) is 45.6. The molecule has 0 radical (unpaired) electrons. The zero-order valence-corrected chi connectivity index (χ0v) is 56.7. The van der Waals surface area contributed by atoms with E-state index in [0.717, 1.165) is 22.8 Å². The molecular formula is C67H81N11O16S2. The fraction of sp³-hybridized carbons (Fsp3) is 0.463. The Kier molecular flexibility index (Phi) is 24.7. The van der Waals surface area contributed by atoms with Crippen LogP contribution in [0.15, 0.2) is 83.1 Å². The maximum absolute atomic E-state index is 14.4. The number of para-hydroxylation sites is 1. The highest BCUT2D eigenvalue weighted by atomic mass is 32.2. The maximum Gasteiger partial charge on any atom is 0.510 e. The molecule has 0 aliphatic carbocycles. The summed E-state index contributed by atoms with van der Waals surface area (Å²) < 4.78 is 69.1. The van der Waals surface area contributed by atoms with Crippen molar-refractivity contribution in [1.29, 1.82) is 0 Å². The molecule has 512 valence electrons. The van der Waals surface area contributed by atoms with E-state index in [9.17, 15) is 51.0 Å². The average Bonchev–Trinajstić information content (AvgIpc) is 1.48. The van der Waals surface area contributed by atoms with Crippen molar-refractivity contribution >= 4 is 83.4 Å². The van der Waals surface area contributed by atoms with E-state index in [0.29, 0.717) is 91.0 Å². The molecule has 6 aromatic rings. The zero-order chi connectivity index (χ0) is 69.5. The third kappa shape index (κ3) is 18.9. The predicted molar refractivity (Wildman–Crippen MR) is 355 cm³/mol. The number of ether oxygens (including phenoxy) is 5. The number of pyridine rings is 2. The van der Waals surface area contributed by atoms with Crippen molar-refractivity contribution < 1.29 is 69.9 Å². The number of esters is 1. The lowest BCUT2D eigenvalue weighted by molar-refractivity contribution is -0.175. The molecule has 2 aromatic carbocycles. The van der Waals surface area contributed by atoms with Gasteiger partial charge >= 0.3 is 12.1 Å². The van der Waals surface area contributed by atoms with Gasteiger partial charge in [0.15, 0.2) is 5.78 Å². The molecule has 0 spiro atoms. The van der Waals surface area contributed by atoms with E-state index in [1.807, 2.05) is 42.4 Å². The van der Waals surface area contributed by atoms with E-state index in [4.69, 9.17) is 28.7 Å². The summed E-state index contributed by atoms with van der Waals surface area (Å²) in [6, 6.07) is 14.7. The number of aromatic nitrogens is 7. The van der Waals surface area contributed by atoms with Gasteiger partial charge in [0.25, 0.3) is 5.56 Å². The summed E-state index contributed by atoms with van der Waals surface area (Å²) in [5, 5.41) is 16.9. The van der Waals surface area contributed by atoms with Gasteiger partial charge in [-0.1, -0.05) is 75.1 Å². The van der Waals surface area contributed by atoms with E-state index in [1.54, 1.807) is 79.7 Å². The van der Waals surface area contributed by atoms with Gasteiger partial charge in [-0.05, 0) is 86.7 Å². The normalized spacial score (nSPS) is 15.3. The first-order valence-corrected chi connectivity index (χ1v) is 35.5. The van der Waals surface area contributed by atoms with Crippen LogP contribution in [0.1, 0.15) is 119 Å². The van der Waals surface area contributed by atoms with Crippen LogP contribution in [0, 0.1) is 23.7 Å². The number of nitrogens with zero attached hydrogens (tertiary/aromatic N) is 8. The number of amides is 3. The van der Waals surface area contributed by atoms with E-state index in [1.165, 1.54) is 12.4 Å². The van der Waals surface area contributed by atoms with Gasteiger partial charge in [0, 0.05) is 114 Å². The fourth-order valence-electron chi connectivity index (χ4n) is 11.2. The summed E-state index contributed by atoms with van der Waals surface area (Å²) in [7, 11) is -6.04. The highest BCUT2D eigenvalue weighted by Crippen LogP contribution is 2.42. The number of ketones is 2. The largest absolute Gasteiger partial charge is 0.510 e. The molecule has 3 amide bonds. The summed E-state index contributed by atoms with van der Waals surface area (Å²) in [6.45, 7) is 10.7. The Morgan fingerprint density at radius 2 is 1.62 bits per heavy atom. The van der Waals surface area contributed by atoms with Gasteiger partial charge < -0.3 is 44.2 Å². The van der Waals surface area contributed by atoms with Crippen molar-refractivity contribution in [3.8, 4) is 23.2 Å². The Hall–Kier alpha value is -9.08. The minimum atomic E-state index is -3.49. The van der Waals surface area contributed by atoms with Crippen LogP contribution in [0.25, 0.3) is 22.3 Å². The second-order valence-corrected chi connectivity index (χ2v) is 28.6. The van der Waals surface area contributed by atoms with Crippen LogP contribution in [0.5, 0.6) is 0 Å². The van der Waals surface area contributed by atoms with Crippen molar-refractivity contribution in [3.05, 3.63) is 123 Å². The van der Waals surface area contributed by atoms with Crippen LogP contribution in [-0.2, 0) is 117 Å². The molecule has 2 aliphatic heterocycles. The Bertz CT molecular complexity index is 4240. The summed E-state index contributed by atoms with van der Waals surface area (Å²) in [4.78, 5) is 119. The van der Waals surface area contributed by atoms with Crippen molar-refractivity contribution in [2.24, 2.45) is 11.8 Å². The molecule has 2 aliphatic rings. The second kappa shape index (κ2) is 32.6. The molecule has 0 bridgehead atoms. The van der Waals surface area contributed by atoms with E-state index in [-0.39, 0.29) is 92.2 Å². The quantitative estimate of drug-likeness (QED) is 0.0160. The number of fused-ring (bicyclic) bond motifs is 5. The topological polar surface area (TPSA) is 348 Å². The Morgan fingerprint density at radius 1 is 0.896 bits per heavy atom.